The summed E-state index contributed by atoms with van der Waals surface area (Å²) >= 11 is 5.78. The monoisotopic (exact) mass is 398 g/mol. The molecular weight excluding hydrogens is 379 g/mol. The number of nitrogens with zero attached hydrogens (tertiary/aromatic N) is 1. The summed E-state index contributed by atoms with van der Waals surface area (Å²) in [6.45, 7) is 0.384. The lowest BCUT2D eigenvalue weighted by Crippen LogP contribution is -2.39. The topological polar surface area (TPSA) is 66.5 Å². The van der Waals surface area contributed by atoms with Crippen LogP contribution in [0.4, 0.5) is 4.39 Å². The summed E-state index contributed by atoms with van der Waals surface area (Å²) in [4.78, 5) is 12.0. The first kappa shape index (κ1) is 20.4. The van der Waals surface area contributed by atoms with Gasteiger partial charge < -0.3 is 5.32 Å². The minimum Gasteiger partial charge on any atom is -0.351 e. The standard InChI is InChI=1S/C18H20ClFN2O3S/c1-26(24,25)22(12-10-14-4-2-3-5-17(14)20)13-11-21-18(23)15-6-8-16(19)9-7-15/h2-9H,10-13H2,1H3,(H,21,23). The summed E-state index contributed by atoms with van der Waals surface area (Å²) < 4.78 is 38.8. The number of benzene rings is 2. The Bertz CT molecular complexity index is 857. The Labute approximate surface area is 157 Å². The molecule has 5 nitrogen and oxygen atoms in total. The van der Waals surface area contributed by atoms with Gasteiger partial charge in [-0.25, -0.2) is 17.1 Å². The zero-order valence-corrected chi connectivity index (χ0v) is 15.9. The van der Waals surface area contributed by atoms with Crippen LogP contribution in [0.2, 0.25) is 5.02 Å². The van der Waals surface area contributed by atoms with E-state index in [1.54, 1.807) is 42.5 Å². The number of carbonyl (C=O) groups is 1. The molecule has 140 valence electrons. The summed E-state index contributed by atoms with van der Waals surface area (Å²) in [5, 5.41) is 3.19. The highest BCUT2D eigenvalue weighted by Crippen LogP contribution is 2.10. The van der Waals surface area contributed by atoms with Gasteiger partial charge in [0.1, 0.15) is 5.82 Å². The third-order valence-corrected chi connectivity index (χ3v) is 5.37. The molecule has 0 bridgehead atoms. The molecule has 2 aromatic carbocycles. The van der Waals surface area contributed by atoms with Crippen LogP contribution in [0, 0.1) is 5.82 Å². The molecule has 0 fully saturated rings. The van der Waals surface area contributed by atoms with Gasteiger partial charge in [0.2, 0.25) is 10.0 Å². The van der Waals surface area contributed by atoms with Crippen LogP contribution in [0.1, 0.15) is 15.9 Å². The summed E-state index contributed by atoms with van der Waals surface area (Å²) in [6.07, 6.45) is 1.35. The zero-order chi connectivity index (χ0) is 19.2. The van der Waals surface area contributed by atoms with Crippen molar-refractivity contribution in [1.29, 1.82) is 0 Å². The molecule has 2 aromatic rings. The van der Waals surface area contributed by atoms with E-state index in [4.69, 9.17) is 11.6 Å². The average molecular weight is 399 g/mol. The Kier molecular flexibility index (Phi) is 7.14. The number of halogens is 2. The number of carbonyl (C=O) groups excluding carboxylic acids is 1. The van der Waals surface area contributed by atoms with Crippen molar-refractivity contribution in [3.05, 3.63) is 70.5 Å². The van der Waals surface area contributed by atoms with E-state index in [9.17, 15) is 17.6 Å². The molecular formula is C18H20ClFN2O3S. The Morgan fingerprint density at radius 3 is 2.38 bits per heavy atom. The maximum Gasteiger partial charge on any atom is 0.251 e. The summed E-state index contributed by atoms with van der Waals surface area (Å²) in [7, 11) is -3.47. The lowest BCUT2D eigenvalue weighted by atomic mass is 10.1. The molecule has 1 amide bonds. The molecule has 0 spiro atoms. The lowest BCUT2D eigenvalue weighted by Gasteiger charge is -2.20. The van der Waals surface area contributed by atoms with E-state index in [2.05, 4.69) is 5.32 Å². The van der Waals surface area contributed by atoms with Crippen LogP contribution in [0.25, 0.3) is 0 Å². The van der Waals surface area contributed by atoms with Gasteiger partial charge in [-0.1, -0.05) is 29.8 Å². The summed E-state index contributed by atoms with van der Waals surface area (Å²) in [5.41, 5.74) is 0.887. The van der Waals surface area contributed by atoms with Gasteiger partial charge in [-0.3, -0.25) is 4.79 Å². The minimum absolute atomic E-state index is 0.104. The Hall–Kier alpha value is -1.96. The molecule has 0 aliphatic rings. The second-order valence-corrected chi connectivity index (χ2v) is 8.19. The molecule has 0 radical (unpaired) electrons. The molecule has 0 saturated heterocycles. The molecule has 0 unspecified atom stereocenters. The fourth-order valence-electron chi connectivity index (χ4n) is 2.39. The van der Waals surface area contributed by atoms with Gasteiger partial charge in [0, 0.05) is 30.2 Å². The highest BCUT2D eigenvalue weighted by atomic mass is 35.5. The normalized spacial score (nSPS) is 11.5. The van der Waals surface area contributed by atoms with E-state index >= 15 is 0 Å². The van der Waals surface area contributed by atoms with Gasteiger partial charge in [-0.2, -0.15) is 0 Å². The highest BCUT2D eigenvalue weighted by Gasteiger charge is 2.17. The Morgan fingerprint density at radius 2 is 1.77 bits per heavy atom. The van der Waals surface area contributed by atoms with E-state index in [0.717, 1.165) is 6.26 Å². The van der Waals surface area contributed by atoms with Crippen molar-refractivity contribution in [1.82, 2.24) is 9.62 Å². The number of nitrogens with one attached hydrogen (secondary N) is 1. The first-order valence-corrected chi connectivity index (χ1v) is 10.2. The number of sulfonamides is 1. The first-order valence-electron chi connectivity index (χ1n) is 7.99. The lowest BCUT2D eigenvalue weighted by molar-refractivity contribution is 0.0951. The SMILES string of the molecule is CS(=O)(=O)N(CCNC(=O)c1ccc(Cl)cc1)CCc1ccccc1F. The van der Waals surface area contributed by atoms with Crippen LogP contribution >= 0.6 is 11.6 Å². The van der Waals surface area contributed by atoms with Crippen LogP contribution in [-0.2, 0) is 16.4 Å². The molecule has 8 heteroatoms. The van der Waals surface area contributed by atoms with Crippen molar-refractivity contribution >= 4 is 27.5 Å². The van der Waals surface area contributed by atoms with Crippen LogP contribution in [-0.4, -0.2) is 44.5 Å². The maximum atomic E-state index is 13.7. The highest BCUT2D eigenvalue weighted by molar-refractivity contribution is 7.88. The average Bonchev–Trinajstić information content (AvgIpc) is 2.58. The van der Waals surface area contributed by atoms with Crippen molar-refractivity contribution in [3.8, 4) is 0 Å². The largest absolute Gasteiger partial charge is 0.351 e. The van der Waals surface area contributed by atoms with Crippen molar-refractivity contribution in [2.24, 2.45) is 0 Å². The molecule has 26 heavy (non-hydrogen) atoms. The predicted octanol–water partition coefficient (Wildman–Crippen LogP) is 2.71. The van der Waals surface area contributed by atoms with E-state index in [1.807, 2.05) is 0 Å². The molecule has 0 aliphatic heterocycles. The van der Waals surface area contributed by atoms with Crippen molar-refractivity contribution in [2.45, 2.75) is 6.42 Å². The Balaban J connectivity index is 1.91. The van der Waals surface area contributed by atoms with Gasteiger partial charge in [0.05, 0.1) is 6.26 Å². The summed E-state index contributed by atoms with van der Waals surface area (Å²) in [6, 6.07) is 12.6. The van der Waals surface area contributed by atoms with Crippen LogP contribution in [0.15, 0.2) is 48.5 Å². The van der Waals surface area contributed by atoms with E-state index in [1.165, 1.54) is 10.4 Å². The fourth-order valence-corrected chi connectivity index (χ4v) is 3.36. The quantitative estimate of drug-likeness (QED) is 0.743. The minimum atomic E-state index is -3.47. The molecule has 0 aliphatic carbocycles. The van der Waals surface area contributed by atoms with E-state index in [0.29, 0.717) is 16.1 Å². The third-order valence-electron chi connectivity index (χ3n) is 3.81. The van der Waals surface area contributed by atoms with Crippen molar-refractivity contribution in [3.63, 3.8) is 0 Å². The van der Waals surface area contributed by atoms with Crippen molar-refractivity contribution in [2.75, 3.05) is 25.9 Å². The summed E-state index contributed by atoms with van der Waals surface area (Å²) in [5.74, 6) is -0.679. The van der Waals surface area contributed by atoms with Gasteiger partial charge in [-0.15, -0.1) is 0 Å². The van der Waals surface area contributed by atoms with Crippen LogP contribution in [0.5, 0.6) is 0 Å². The van der Waals surface area contributed by atoms with E-state index in [-0.39, 0.29) is 37.8 Å². The molecule has 0 saturated carbocycles. The second-order valence-electron chi connectivity index (χ2n) is 5.77. The van der Waals surface area contributed by atoms with Gasteiger partial charge in [0.15, 0.2) is 0 Å². The molecule has 2 rings (SSSR count). The third kappa shape index (κ3) is 6.09. The first-order chi connectivity index (χ1) is 12.3. The van der Waals surface area contributed by atoms with Crippen molar-refractivity contribution < 1.29 is 17.6 Å². The number of amides is 1. The van der Waals surface area contributed by atoms with Gasteiger partial charge >= 0.3 is 0 Å². The fraction of sp³-hybridized carbons (Fsp3) is 0.278. The number of hydrogen-bond acceptors (Lipinski definition) is 3. The van der Waals surface area contributed by atoms with Gasteiger partial charge in [-0.05, 0) is 42.3 Å². The zero-order valence-electron chi connectivity index (χ0n) is 14.3. The molecule has 0 atom stereocenters. The predicted molar refractivity (Wildman–Crippen MR) is 100 cm³/mol. The second kappa shape index (κ2) is 9.12. The van der Waals surface area contributed by atoms with Gasteiger partial charge in [0.25, 0.3) is 5.91 Å². The molecule has 1 N–H and O–H groups in total. The maximum absolute atomic E-state index is 13.7. The smallest absolute Gasteiger partial charge is 0.251 e. The number of hydrogen-bond donors (Lipinski definition) is 1. The molecule has 0 aromatic heterocycles. The number of rotatable bonds is 8. The molecule has 0 heterocycles. The van der Waals surface area contributed by atoms with Crippen LogP contribution < -0.4 is 5.32 Å². The van der Waals surface area contributed by atoms with Crippen LogP contribution in [0.3, 0.4) is 0 Å². The van der Waals surface area contributed by atoms with E-state index < -0.39 is 10.0 Å². The Morgan fingerprint density at radius 1 is 1.12 bits per heavy atom.